The highest BCUT2D eigenvalue weighted by molar-refractivity contribution is 5.92. The van der Waals surface area contributed by atoms with E-state index in [2.05, 4.69) is 20.2 Å². The Morgan fingerprint density at radius 1 is 1.27 bits per heavy atom. The Morgan fingerprint density at radius 2 is 2.19 bits per heavy atom. The molecular weight excluding hydrogens is 332 g/mol. The summed E-state index contributed by atoms with van der Waals surface area (Å²) in [5, 5.41) is 8.28. The van der Waals surface area contributed by atoms with Crippen molar-refractivity contribution in [2.45, 2.75) is 31.7 Å². The molecule has 3 aromatic rings. The van der Waals surface area contributed by atoms with Crippen LogP contribution in [0, 0.1) is 0 Å². The summed E-state index contributed by atoms with van der Waals surface area (Å²) in [5.41, 5.74) is 1.21. The van der Waals surface area contributed by atoms with E-state index in [1.165, 1.54) is 0 Å². The summed E-state index contributed by atoms with van der Waals surface area (Å²) in [6.07, 6.45) is 9.01. The van der Waals surface area contributed by atoms with Crippen molar-refractivity contribution in [2.75, 3.05) is 6.54 Å². The van der Waals surface area contributed by atoms with Gasteiger partial charge in [0.05, 0.1) is 17.8 Å². The number of amides is 1. The second-order valence-electron chi connectivity index (χ2n) is 6.44. The third kappa shape index (κ3) is 3.22. The van der Waals surface area contributed by atoms with Crippen LogP contribution in [-0.2, 0) is 7.05 Å². The van der Waals surface area contributed by atoms with Gasteiger partial charge in [-0.1, -0.05) is 24.1 Å². The minimum atomic E-state index is -0.207. The maximum absolute atomic E-state index is 13.0. The van der Waals surface area contributed by atoms with Gasteiger partial charge >= 0.3 is 0 Å². The lowest BCUT2D eigenvalue weighted by molar-refractivity contribution is 0.0664. The fourth-order valence-corrected chi connectivity index (χ4v) is 3.28. The van der Waals surface area contributed by atoms with Crippen molar-refractivity contribution >= 4 is 5.91 Å². The van der Waals surface area contributed by atoms with Crippen LogP contribution in [0.5, 0.6) is 0 Å². The number of pyridine rings is 1. The monoisotopic (exact) mass is 352 g/mol. The molecule has 1 atom stereocenters. The van der Waals surface area contributed by atoms with Crippen LogP contribution in [0.3, 0.4) is 0 Å². The van der Waals surface area contributed by atoms with E-state index >= 15 is 0 Å². The molecule has 134 valence electrons. The molecule has 1 amide bonds. The Bertz CT molecular complexity index is 888. The maximum atomic E-state index is 13.0. The minimum Gasteiger partial charge on any atom is -0.334 e. The lowest BCUT2D eigenvalue weighted by Crippen LogP contribution is -2.35. The Labute approximate surface area is 150 Å². The van der Waals surface area contributed by atoms with Crippen LogP contribution in [0.15, 0.2) is 41.3 Å². The summed E-state index contributed by atoms with van der Waals surface area (Å²) in [5.74, 6) is 0.864. The molecule has 0 spiro atoms. The van der Waals surface area contributed by atoms with Crippen molar-refractivity contribution in [3.63, 3.8) is 0 Å². The SMILES string of the molecule is Cn1cc(-c2nc([C@@H]3CCCCCN3C(=O)c3ccccn3)no2)cn1. The fraction of sp³-hybridized carbons (Fsp3) is 0.389. The number of carbonyl (C=O) groups excluding carboxylic acids is 1. The molecule has 4 heterocycles. The topological polar surface area (TPSA) is 89.9 Å². The molecule has 8 heteroatoms. The van der Waals surface area contributed by atoms with Crippen molar-refractivity contribution in [1.29, 1.82) is 0 Å². The average Bonchev–Trinajstić information content (AvgIpc) is 3.25. The zero-order valence-corrected chi connectivity index (χ0v) is 14.6. The molecule has 0 unspecified atom stereocenters. The molecule has 0 aromatic carbocycles. The number of aromatic nitrogens is 5. The Morgan fingerprint density at radius 3 is 2.96 bits per heavy atom. The fourth-order valence-electron chi connectivity index (χ4n) is 3.28. The van der Waals surface area contributed by atoms with Crippen LogP contribution in [0.2, 0.25) is 0 Å². The summed E-state index contributed by atoms with van der Waals surface area (Å²) >= 11 is 0. The molecule has 1 aliphatic rings. The van der Waals surface area contributed by atoms with Crippen LogP contribution >= 0.6 is 0 Å². The molecule has 3 aromatic heterocycles. The molecule has 0 saturated carbocycles. The minimum absolute atomic E-state index is 0.0924. The highest BCUT2D eigenvalue weighted by Crippen LogP contribution is 2.30. The van der Waals surface area contributed by atoms with E-state index in [1.54, 1.807) is 29.2 Å². The number of hydrogen-bond donors (Lipinski definition) is 0. The van der Waals surface area contributed by atoms with E-state index in [1.807, 2.05) is 24.2 Å². The summed E-state index contributed by atoms with van der Waals surface area (Å²) in [7, 11) is 1.83. The smallest absolute Gasteiger partial charge is 0.273 e. The van der Waals surface area contributed by atoms with Gasteiger partial charge in [-0.2, -0.15) is 10.1 Å². The van der Waals surface area contributed by atoms with Gasteiger partial charge in [0, 0.05) is 26.0 Å². The second kappa shape index (κ2) is 7.07. The first-order valence-electron chi connectivity index (χ1n) is 8.77. The molecule has 0 N–H and O–H groups in total. The van der Waals surface area contributed by atoms with Gasteiger partial charge in [-0.25, -0.2) is 0 Å². The number of hydrogen-bond acceptors (Lipinski definition) is 6. The van der Waals surface area contributed by atoms with Crippen LogP contribution in [0.4, 0.5) is 0 Å². The second-order valence-corrected chi connectivity index (χ2v) is 6.44. The summed E-state index contributed by atoms with van der Waals surface area (Å²) in [4.78, 5) is 23.5. The van der Waals surface area contributed by atoms with Gasteiger partial charge in [-0.15, -0.1) is 0 Å². The van der Waals surface area contributed by atoms with Crippen molar-refractivity contribution in [1.82, 2.24) is 29.8 Å². The molecule has 0 radical (unpaired) electrons. The first kappa shape index (κ1) is 16.4. The van der Waals surface area contributed by atoms with Gasteiger partial charge in [0.2, 0.25) is 0 Å². The number of rotatable bonds is 3. The maximum Gasteiger partial charge on any atom is 0.273 e. The van der Waals surface area contributed by atoms with Crippen LogP contribution in [0.25, 0.3) is 11.5 Å². The molecule has 0 aliphatic carbocycles. The van der Waals surface area contributed by atoms with Crippen LogP contribution in [-0.4, -0.2) is 42.3 Å². The Hall–Kier alpha value is -3.03. The largest absolute Gasteiger partial charge is 0.334 e. The van der Waals surface area contributed by atoms with E-state index in [0.29, 0.717) is 24.0 Å². The van der Waals surface area contributed by atoms with Crippen molar-refractivity contribution in [3.8, 4) is 11.5 Å². The first-order chi connectivity index (χ1) is 12.7. The molecule has 26 heavy (non-hydrogen) atoms. The molecule has 0 bridgehead atoms. The highest BCUT2D eigenvalue weighted by atomic mass is 16.5. The zero-order valence-electron chi connectivity index (χ0n) is 14.6. The molecular formula is C18H20N6O2. The van der Waals surface area contributed by atoms with Crippen molar-refractivity contribution in [2.24, 2.45) is 7.05 Å². The summed E-state index contributed by atoms with van der Waals surface area (Å²) in [6.45, 7) is 0.664. The lowest BCUT2D eigenvalue weighted by atomic mass is 10.1. The van der Waals surface area contributed by atoms with Gasteiger partial charge < -0.3 is 9.42 Å². The Kier molecular flexibility index (Phi) is 4.47. The number of aryl methyl sites for hydroxylation is 1. The molecule has 8 nitrogen and oxygen atoms in total. The molecule has 4 rings (SSSR count). The van der Waals surface area contributed by atoms with Gasteiger partial charge in [0.1, 0.15) is 5.69 Å². The van der Waals surface area contributed by atoms with E-state index in [0.717, 1.165) is 31.2 Å². The Balaban J connectivity index is 1.64. The van der Waals surface area contributed by atoms with Gasteiger partial charge in [0.25, 0.3) is 11.8 Å². The third-order valence-corrected chi connectivity index (χ3v) is 4.59. The number of likely N-dealkylation sites (tertiary alicyclic amines) is 1. The van der Waals surface area contributed by atoms with Crippen molar-refractivity contribution in [3.05, 3.63) is 48.3 Å². The van der Waals surface area contributed by atoms with Crippen molar-refractivity contribution < 1.29 is 9.32 Å². The van der Waals surface area contributed by atoms with Gasteiger partial charge in [0.15, 0.2) is 5.82 Å². The predicted molar refractivity (Wildman–Crippen MR) is 93.0 cm³/mol. The predicted octanol–water partition coefficient (Wildman–Crippen LogP) is 2.62. The van der Waals surface area contributed by atoms with E-state index < -0.39 is 0 Å². The average molecular weight is 352 g/mol. The highest BCUT2D eigenvalue weighted by Gasteiger charge is 2.31. The first-order valence-corrected chi connectivity index (χ1v) is 8.77. The summed E-state index contributed by atoms with van der Waals surface area (Å²) < 4.78 is 7.11. The number of nitrogens with zero attached hydrogens (tertiary/aromatic N) is 6. The van der Waals surface area contributed by atoms with E-state index in [-0.39, 0.29) is 11.9 Å². The molecule has 1 saturated heterocycles. The molecule has 1 aliphatic heterocycles. The van der Waals surface area contributed by atoms with Gasteiger partial charge in [-0.3, -0.25) is 14.5 Å². The van der Waals surface area contributed by atoms with Crippen LogP contribution in [0.1, 0.15) is 48.0 Å². The zero-order chi connectivity index (χ0) is 17.9. The van der Waals surface area contributed by atoms with E-state index in [9.17, 15) is 4.79 Å². The standard InChI is InChI=1S/C18H20N6O2/c1-23-12-13(11-20-23)17-21-16(22-26-17)15-8-3-2-6-10-24(15)18(25)14-7-4-5-9-19-14/h4-5,7,9,11-12,15H,2-3,6,8,10H2,1H3/t15-/m0/s1. The quantitative estimate of drug-likeness (QED) is 0.720. The number of carbonyl (C=O) groups is 1. The summed E-state index contributed by atoms with van der Waals surface area (Å²) in [6, 6.07) is 5.15. The van der Waals surface area contributed by atoms with Crippen LogP contribution < -0.4 is 0 Å². The normalized spacial score (nSPS) is 17.9. The van der Waals surface area contributed by atoms with Gasteiger partial charge in [-0.05, 0) is 25.0 Å². The third-order valence-electron chi connectivity index (χ3n) is 4.59. The molecule has 1 fully saturated rings. The lowest BCUT2D eigenvalue weighted by Gasteiger charge is -2.27. The van der Waals surface area contributed by atoms with E-state index in [4.69, 9.17) is 4.52 Å².